The first-order valence-corrected chi connectivity index (χ1v) is 14.4. The Morgan fingerprint density at radius 3 is 2.48 bits per heavy atom. The summed E-state index contributed by atoms with van der Waals surface area (Å²) < 4.78 is 7.56. The molecule has 0 saturated heterocycles. The van der Waals surface area contributed by atoms with Gasteiger partial charge in [0.05, 0.1) is 12.3 Å². The monoisotopic (exact) mass is 593 g/mol. The Morgan fingerprint density at radius 2 is 1.83 bits per heavy atom. The number of carbonyl (C=O) groups is 2. The van der Waals surface area contributed by atoms with Gasteiger partial charge in [-0.3, -0.25) is 14.5 Å². The van der Waals surface area contributed by atoms with Crippen molar-refractivity contribution in [3.05, 3.63) is 70.8 Å². The second-order valence-electron chi connectivity index (χ2n) is 10.3. The molecule has 0 bridgehead atoms. The fourth-order valence-corrected chi connectivity index (χ4v) is 5.12. The van der Waals surface area contributed by atoms with E-state index in [-0.39, 0.29) is 19.4 Å². The topological polar surface area (TPSA) is 139 Å². The second kappa shape index (κ2) is 14.7. The molecule has 4 rings (SSSR count). The third kappa shape index (κ3) is 7.80. The molecule has 0 aliphatic heterocycles. The van der Waals surface area contributed by atoms with Crippen molar-refractivity contribution in [2.75, 3.05) is 20.7 Å². The third-order valence-electron chi connectivity index (χ3n) is 7.11. The Balaban J connectivity index is 1.46. The van der Waals surface area contributed by atoms with Crippen LogP contribution in [0, 0.1) is 0 Å². The molecule has 42 heavy (non-hydrogen) atoms. The van der Waals surface area contributed by atoms with Crippen molar-refractivity contribution in [3.63, 3.8) is 0 Å². The number of rotatable bonds is 15. The number of aliphatic carboxylic acids is 1. The Hall–Kier alpha value is -4.09. The van der Waals surface area contributed by atoms with E-state index in [4.69, 9.17) is 16.3 Å². The minimum absolute atomic E-state index is 0.0199. The lowest BCUT2D eigenvalue weighted by Gasteiger charge is -2.19. The number of halogens is 1. The summed E-state index contributed by atoms with van der Waals surface area (Å²) in [6, 6.07) is 15.5. The van der Waals surface area contributed by atoms with Crippen LogP contribution in [-0.2, 0) is 33.7 Å². The Kier molecular flexibility index (Phi) is 10.8. The summed E-state index contributed by atoms with van der Waals surface area (Å²) in [5.74, 6) is 0.0264. The molecular formula is C30H36ClN7O4. The molecule has 4 aromatic rings. The molecule has 1 atom stereocenters. The van der Waals surface area contributed by atoms with Crippen LogP contribution in [0.15, 0.2) is 48.5 Å². The third-order valence-corrected chi connectivity index (χ3v) is 7.41. The molecule has 0 radical (unpaired) electrons. The van der Waals surface area contributed by atoms with Crippen LogP contribution < -0.4 is 0 Å². The zero-order valence-corrected chi connectivity index (χ0v) is 24.8. The molecule has 12 heteroatoms. The van der Waals surface area contributed by atoms with E-state index in [0.717, 1.165) is 53.0 Å². The molecule has 1 unspecified atom stereocenters. The lowest BCUT2D eigenvalue weighted by molar-refractivity contribution is -0.145. The number of imidazole rings is 1. The number of hydrogen-bond acceptors (Lipinski definition) is 8. The number of likely N-dealkylation sites (N-methyl/N-ethyl adjacent to an activating group) is 1. The van der Waals surface area contributed by atoms with Gasteiger partial charge in [-0.05, 0) is 48.8 Å². The maximum atomic E-state index is 12.3. The predicted octanol–water partition coefficient (Wildman–Crippen LogP) is 4.66. The summed E-state index contributed by atoms with van der Waals surface area (Å²) in [5, 5.41) is 24.2. The normalized spacial score (nSPS) is 12.0. The largest absolute Gasteiger partial charge is 0.480 e. The quantitative estimate of drug-likeness (QED) is 0.188. The summed E-state index contributed by atoms with van der Waals surface area (Å²) in [6.07, 6.45) is 3.38. The second-order valence-corrected chi connectivity index (χ2v) is 10.6. The first kappa shape index (κ1) is 30.9. The van der Waals surface area contributed by atoms with Crippen LogP contribution in [0.3, 0.4) is 0 Å². The van der Waals surface area contributed by atoms with E-state index >= 15 is 0 Å². The van der Waals surface area contributed by atoms with E-state index in [2.05, 4.69) is 61.4 Å². The van der Waals surface area contributed by atoms with E-state index in [0.29, 0.717) is 23.9 Å². The average Bonchev–Trinajstić information content (AvgIpc) is 3.61. The summed E-state index contributed by atoms with van der Waals surface area (Å²) in [6.45, 7) is 2.83. The number of aromatic nitrogens is 6. The maximum absolute atomic E-state index is 12.3. The first-order valence-electron chi connectivity index (χ1n) is 14.0. The minimum atomic E-state index is -0.965. The highest BCUT2D eigenvalue weighted by molar-refractivity contribution is 6.30. The molecule has 0 saturated carbocycles. The fraction of sp³-hybridized carbons (Fsp3) is 0.400. The molecule has 2 aromatic heterocycles. The van der Waals surface area contributed by atoms with Gasteiger partial charge in [0.2, 0.25) is 5.82 Å². The molecule has 0 aliphatic carbocycles. The van der Waals surface area contributed by atoms with Crippen molar-refractivity contribution in [1.82, 2.24) is 35.1 Å². The summed E-state index contributed by atoms with van der Waals surface area (Å²) in [5.41, 5.74) is 4.80. The lowest BCUT2D eigenvalue weighted by atomic mass is 9.98. The lowest BCUT2D eigenvalue weighted by Crippen LogP contribution is -2.36. The minimum Gasteiger partial charge on any atom is -0.480 e. The number of aryl methyl sites for hydroxylation is 1. The average molecular weight is 594 g/mol. The maximum Gasteiger partial charge on any atom is 0.320 e. The van der Waals surface area contributed by atoms with Crippen LogP contribution in [0.5, 0.6) is 0 Å². The van der Waals surface area contributed by atoms with E-state index in [9.17, 15) is 14.7 Å². The highest BCUT2D eigenvalue weighted by atomic mass is 35.5. The van der Waals surface area contributed by atoms with Gasteiger partial charge in [-0.2, -0.15) is 5.21 Å². The number of benzene rings is 2. The van der Waals surface area contributed by atoms with Crippen molar-refractivity contribution in [2.45, 2.75) is 58.0 Å². The van der Waals surface area contributed by atoms with E-state index in [1.54, 1.807) is 19.0 Å². The molecule has 0 fully saturated rings. The number of ether oxygens (including phenoxy) is 1. The Bertz CT molecular complexity index is 1470. The molecule has 11 nitrogen and oxygen atoms in total. The van der Waals surface area contributed by atoms with Crippen LogP contribution in [0.2, 0.25) is 5.15 Å². The van der Waals surface area contributed by atoms with E-state index in [1.807, 2.05) is 24.3 Å². The van der Waals surface area contributed by atoms with E-state index in [1.165, 1.54) is 0 Å². The molecule has 0 amide bonds. The molecule has 222 valence electrons. The highest BCUT2D eigenvalue weighted by Crippen LogP contribution is 2.30. The standard InChI is InChI=1S/C30H36ClN7O4/c1-4-5-10-26-32-28(31)24(17-18-42-27(39)16-15-25(30(40)41)37(2)3)38(26)19-20-11-13-21(14-12-20)22-8-6-7-9-23(22)29-33-35-36-34-29/h6-9,11-14,25H,4-5,10,15-19H2,1-3H3,(H,40,41)(H,33,34,35,36). The first-order chi connectivity index (χ1) is 20.3. The van der Waals surface area contributed by atoms with Gasteiger partial charge < -0.3 is 14.4 Å². The van der Waals surface area contributed by atoms with Crippen molar-refractivity contribution in [1.29, 1.82) is 0 Å². The van der Waals surface area contributed by atoms with Crippen molar-refractivity contribution >= 4 is 23.5 Å². The number of tetrazole rings is 1. The van der Waals surface area contributed by atoms with Crippen LogP contribution >= 0.6 is 11.6 Å². The number of H-pyrrole nitrogens is 1. The van der Waals surface area contributed by atoms with Crippen LogP contribution in [0.4, 0.5) is 0 Å². The van der Waals surface area contributed by atoms with Gasteiger partial charge in [0, 0.05) is 31.4 Å². The number of nitrogens with zero attached hydrogens (tertiary/aromatic N) is 6. The number of hydrogen-bond donors (Lipinski definition) is 2. The zero-order valence-electron chi connectivity index (χ0n) is 24.1. The van der Waals surface area contributed by atoms with Gasteiger partial charge in [0.25, 0.3) is 0 Å². The molecule has 0 aliphatic rings. The number of unbranched alkanes of at least 4 members (excludes halogenated alkanes) is 1. The SMILES string of the molecule is CCCCc1nc(Cl)c(CCOC(=O)CCC(C(=O)O)N(C)C)n1Cc1ccc(-c2ccccc2-c2nn[nH]n2)cc1. The predicted molar refractivity (Wildman–Crippen MR) is 159 cm³/mol. The van der Waals surface area contributed by atoms with Gasteiger partial charge >= 0.3 is 11.9 Å². The number of carbonyl (C=O) groups excluding carboxylic acids is 1. The number of nitrogens with one attached hydrogen (secondary N) is 1. The highest BCUT2D eigenvalue weighted by Gasteiger charge is 2.22. The molecule has 2 aromatic carbocycles. The number of aromatic amines is 1. The number of carboxylic acid groups (broad SMARTS) is 1. The summed E-state index contributed by atoms with van der Waals surface area (Å²) in [7, 11) is 3.35. The zero-order chi connectivity index (χ0) is 30.1. The van der Waals surface area contributed by atoms with Gasteiger partial charge in [0.15, 0.2) is 5.15 Å². The van der Waals surface area contributed by atoms with Crippen LogP contribution in [0.1, 0.15) is 49.7 Å². The number of esters is 1. The summed E-state index contributed by atoms with van der Waals surface area (Å²) in [4.78, 5) is 29.9. The van der Waals surface area contributed by atoms with Gasteiger partial charge in [-0.15, -0.1) is 10.2 Å². The molecule has 0 spiro atoms. The summed E-state index contributed by atoms with van der Waals surface area (Å²) >= 11 is 6.59. The fourth-order valence-electron chi connectivity index (χ4n) is 4.82. The Morgan fingerprint density at radius 1 is 1.10 bits per heavy atom. The molecule has 2 heterocycles. The smallest absolute Gasteiger partial charge is 0.320 e. The van der Waals surface area contributed by atoms with Crippen molar-refractivity contribution in [3.8, 4) is 22.5 Å². The van der Waals surface area contributed by atoms with Crippen LogP contribution in [0.25, 0.3) is 22.5 Å². The molecule has 2 N–H and O–H groups in total. The van der Waals surface area contributed by atoms with Crippen LogP contribution in [-0.4, -0.2) is 78.9 Å². The van der Waals surface area contributed by atoms with Crippen molar-refractivity contribution < 1.29 is 19.4 Å². The van der Waals surface area contributed by atoms with Gasteiger partial charge in [0.1, 0.15) is 11.9 Å². The Labute approximate surface area is 249 Å². The van der Waals surface area contributed by atoms with Gasteiger partial charge in [-0.25, -0.2) is 4.98 Å². The van der Waals surface area contributed by atoms with E-state index < -0.39 is 18.0 Å². The van der Waals surface area contributed by atoms with Gasteiger partial charge in [-0.1, -0.05) is 73.5 Å². The van der Waals surface area contributed by atoms with Crippen molar-refractivity contribution in [2.24, 2.45) is 0 Å². The number of carboxylic acids is 1. The molecular weight excluding hydrogens is 558 g/mol.